The van der Waals surface area contributed by atoms with Crippen LogP contribution in [0.4, 0.5) is 5.69 Å². The third kappa shape index (κ3) is 5.24. The molecule has 0 aliphatic carbocycles. The van der Waals surface area contributed by atoms with Crippen molar-refractivity contribution in [3.63, 3.8) is 0 Å². The SMILES string of the molecule is CO/N=C(\c1ccccn1)C1CCN(C(=O)C2CCN(Cc3ccncc3N)CC2)CC1. The Morgan fingerprint density at radius 2 is 1.84 bits per heavy atom. The fourth-order valence-corrected chi connectivity index (χ4v) is 4.73. The quantitative estimate of drug-likeness (QED) is 0.552. The molecule has 0 unspecified atom stereocenters. The van der Waals surface area contributed by atoms with Crippen LogP contribution in [0.1, 0.15) is 36.9 Å². The first-order valence-corrected chi connectivity index (χ1v) is 11.4. The van der Waals surface area contributed by atoms with Crippen LogP contribution in [-0.2, 0) is 16.2 Å². The number of nitrogens with zero attached hydrogens (tertiary/aromatic N) is 5. The Balaban J connectivity index is 1.28. The molecule has 0 saturated carbocycles. The van der Waals surface area contributed by atoms with Gasteiger partial charge >= 0.3 is 0 Å². The molecule has 170 valence electrons. The number of aromatic nitrogens is 2. The molecule has 8 nitrogen and oxygen atoms in total. The number of pyridine rings is 2. The van der Waals surface area contributed by atoms with Crippen LogP contribution in [0, 0.1) is 11.8 Å². The molecule has 2 N–H and O–H groups in total. The molecule has 4 rings (SSSR count). The lowest BCUT2D eigenvalue weighted by atomic mass is 9.88. The number of oxime groups is 1. The maximum atomic E-state index is 13.2. The number of nitrogens with two attached hydrogens (primary N) is 1. The molecule has 2 aromatic heterocycles. The number of amides is 1. The fourth-order valence-electron chi connectivity index (χ4n) is 4.73. The number of nitrogen functional groups attached to an aromatic ring is 1. The van der Waals surface area contributed by atoms with Gasteiger partial charge in [0.05, 0.1) is 17.6 Å². The summed E-state index contributed by atoms with van der Waals surface area (Å²) in [5, 5.41) is 4.26. The molecule has 2 aliphatic heterocycles. The number of likely N-dealkylation sites (tertiary alicyclic amines) is 2. The maximum Gasteiger partial charge on any atom is 0.225 e. The summed E-state index contributed by atoms with van der Waals surface area (Å²) in [4.78, 5) is 31.2. The Kier molecular flexibility index (Phi) is 7.32. The lowest BCUT2D eigenvalue weighted by Gasteiger charge is -2.37. The lowest BCUT2D eigenvalue weighted by molar-refractivity contribution is -0.138. The van der Waals surface area contributed by atoms with E-state index in [1.54, 1.807) is 25.7 Å². The van der Waals surface area contributed by atoms with Gasteiger partial charge in [0.1, 0.15) is 12.8 Å². The Hall–Kier alpha value is -3.00. The molecule has 1 amide bonds. The predicted octanol–water partition coefficient (Wildman–Crippen LogP) is 2.56. The highest BCUT2D eigenvalue weighted by molar-refractivity contribution is 6.00. The van der Waals surface area contributed by atoms with Gasteiger partial charge in [0.2, 0.25) is 5.91 Å². The molecule has 0 radical (unpaired) electrons. The molecule has 4 heterocycles. The molecule has 2 aliphatic rings. The number of anilines is 1. The number of rotatable bonds is 6. The van der Waals surface area contributed by atoms with Crippen molar-refractivity contribution in [2.75, 3.05) is 39.0 Å². The summed E-state index contributed by atoms with van der Waals surface area (Å²) >= 11 is 0. The number of hydrogen-bond acceptors (Lipinski definition) is 7. The molecular formula is C24H32N6O2. The lowest BCUT2D eigenvalue weighted by Crippen LogP contribution is -2.46. The van der Waals surface area contributed by atoms with Crippen molar-refractivity contribution in [2.24, 2.45) is 17.0 Å². The average molecular weight is 437 g/mol. The van der Waals surface area contributed by atoms with E-state index < -0.39 is 0 Å². The van der Waals surface area contributed by atoms with E-state index in [4.69, 9.17) is 10.6 Å². The van der Waals surface area contributed by atoms with Gasteiger partial charge in [-0.25, -0.2) is 0 Å². The Morgan fingerprint density at radius 3 is 2.50 bits per heavy atom. The van der Waals surface area contributed by atoms with Crippen LogP contribution >= 0.6 is 0 Å². The minimum absolute atomic E-state index is 0.112. The molecule has 0 aromatic carbocycles. The first-order valence-electron chi connectivity index (χ1n) is 11.4. The second-order valence-corrected chi connectivity index (χ2v) is 8.60. The fraction of sp³-hybridized carbons (Fsp3) is 0.500. The van der Waals surface area contributed by atoms with Gasteiger partial charge in [-0.1, -0.05) is 11.2 Å². The molecule has 2 saturated heterocycles. The monoisotopic (exact) mass is 436 g/mol. The first-order chi connectivity index (χ1) is 15.7. The van der Waals surface area contributed by atoms with Crippen molar-refractivity contribution in [3.05, 3.63) is 54.1 Å². The molecule has 2 fully saturated rings. The number of hydrogen-bond donors (Lipinski definition) is 1. The maximum absolute atomic E-state index is 13.2. The van der Waals surface area contributed by atoms with Crippen molar-refractivity contribution < 1.29 is 9.63 Å². The second-order valence-electron chi connectivity index (χ2n) is 8.60. The summed E-state index contributed by atoms with van der Waals surface area (Å²) < 4.78 is 0. The van der Waals surface area contributed by atoms with Gasteiger partial charge in [0.25, 0.3) is 0 Å². The average Bonchev–Trinajstić information content (AvgIpc) is 2.85. The number of carbonyl (C=O) groups is 1. The second kappa shape index (κ2) is 10.5. The smallest absolute Gasteiger partial charge is 0.225 e. The predicted molar refractivity (Wildman–Crippen MR) is 124 cm³/mol. The summed E-state index contributed by atoms with van der Waals surface area (Å²) in [5.41, 5.74) is 9.59. The summed E-state index contributed by atoms with van der Waals surface area (Å²) in [5.74, 6) is 0.664. The van der Waals surface area contributed by atoms with E-state index in [9.17, 15) is 4.79 Å². The van der Waals surface area contributed by atoms with E-state index in [1.807, 2.05) is 29.2 Å². The van der Waals surface area contributed by atoms with Crippen LogP contribution in [0.15, 0.2) is 48.0 Å². The summed E-state index contributed by atoms with van der Waals surface area (Å²) in [6.45, 7) is 4.16. The van der Waals surface area contributed by atoms with Crippen molar-refractivity contribution in [1.29, 1.82) is 0 Å². The standard InChI is InChI=1S/C24H32N6O2/c1-32-28-23(22-4-2-3-10-27-22)18-8-14-30(15-9-18)24(31)19-6-12-29(13-7-19)17-20-5-11-26-16-21(20)25/h2-5,10-11,16,18-19H,6-9,12-15,17,25H2,1H3/b28-23-. The van der Waals surface area contributed by atoms with Gasteiger partial charge in [-0.15, -0.1) is 0 Å². The highest BCUT2D eigenvalue weighted by atomic mass is 16.6. The highest BCUT2D eigenvalue weighted by Crippen LogP contribution is 2.27. The largest absolute Gasteiger partial charge is 0.399 e. The normalized spacial score (nSPS) is 19.2. The summed E-state index contributed by atoms with van der Waals surface area (Å²) in [6, 6.07) is 7.79. The van der Waals surface area contributed by atoms with E-state index in [2.05, 4.69) is 20.0 Å². The zero-order valence-electron chi connectivity index (χ0n) is 18.7. The van der Waals surface area contributed by atoms with Gasteiger partial charge in [0, 0.05) is 43.9 Å². The minimum Gasteiger partial charge on any atom is -0.399 e. The van der Waals surface area contributed by atoms with Crippen molar-refractivity contribution >= 4 is 17.3 Å². The molecular weight excluding hydrogens is 404 g/mol. The van der Waals surface area contributed by atoms with E-state index in [0.29, 0.717) is 5.91 Å². The molecule has 32 heavy (non-hydrogen) atoms. The number of carbonyl (C=O) groups excluding carboxylic acids is 1. The van der Waals surface area contributed by atoms with Gasteiger partial charge in [-0.05, 0) is 62.5 Å². The summed E-state index contributed by atoms with van der Waals surface area (Å²) in [7, 11) is 1.57. The van der Waals surface area contributed by atoms with Crippen LogP contribution in [0.3, 0.4) is 0 Å². The zero-order chi connectivity index (χ0) is 22.3. The number of piperidine rings is 2. The Labute approximate surface area is 189 Å². The van der Waals surface area contributed by atoms with Crippen LogP contribution in [0.5, 0.6) is 0 Å². The van der Waals surface area contributed by atoms with Crippen molar-refractivity contribution in [1.82, 2.24) is 19.8 Å². The Morgan fingerprint density at radius 1 is 1.09 bits per heavy atom. The first kappa shape index (κ1) is 22.2. The third-order valence-electron chi connectivity index (χ3n) is 6.59. The summed E-state index contributed by atoms with van der Waals surface area (Å²) in [6.07, 6.45) is 8.81. The zero-order valence-corrected chi connectivity index (χ0v) is 18.7. The van der Waals surface area contributed by atoms with Crippen LogP contribution < -0.4 is 5.73 Å². The third-order valence-corrected chi connectivity index (χ3v) is 6.59. The van der Waals surface area contributed by atoms with Gasteiger partial charge in [0.15, 0.2) is 0 Å². The highest BCUT2D eigenvalue weighted by Gasteiger charge is 2.32. The molecule has 2 aromatic rings. The molecule has 0 bridgehead atoms. The van der Waals surface area contributed by atoms with Gasteiger partial charge < -0.3 is 15.5 Å². The van der Waals surface area contributed by atoms with E-state index in [0.717, 1.165) is 81.1 Å². The topological polar surface area (TPSA) is 96.9 Å². The molecule has 0 spiro atoms. The van der Waals surface area contributed by atoms with E-state index in [-0.39, 0.29) is 11.8 Å². The van der Waals surface area contributed by atoms with Crippen LogP contribution in [0.25, 0.3) is 0 Å². The van der Waals surface area contributed by atoms with Gasteiger partial charge in [-0.2, -0.15) is 0 Å². The molecule has 8 heteroatoms. The van der Waals surface area contributed by atoms with Crippen molar-refractivity contribution in [2.45, 2.75) is 32.2 Å². The molecule has 0 atom stereocenters. The van der Waals surface area contributed by atoms with E-state index in [1.165, 1.54) is 0 Å². The van der Waals surface area contributed by atoms with Gasteiger partial charge in [-0.3, -0.25) is 19.7 Å². The Bertz CT molecular complexity index is 919. The van der Waals surface area contributed by atoms with E-state index >= 15 is 0 Å². The van der Waals surface area contributed by atoms with Crippen molar-refractivity contribution in [3.8, 4) is 0 Å². The minimum atomic E-state index is 0.112. The van der Waals surface area contributed by atoms with Crippen LogP contribution in [0.2, 0.25) is 0 Å². The van der Waals surface area contributed by atoms with Crippen LogP contribution in [-0.4, -0.2) is 64.7 Å².